The van der Waals surface area contributed by atoms with Gasteiger partial charge < -0.3 is 9.84 Å². The molecule has 0 saturated heterocycles. The van der Waals surface area contributed by atoms with Crippen molar-refractivity contribution in [3.63, 3.8) is 0 Å². The van der Waals surface area contributed by atoms with Crippen molar-refractivity contribution < 1.29 is 14.6 Å². The number of aliphatic hydroxyl groups excluding tert-OH is 1. The number of nitrogens with zero attached hydrogens (tertiary/aromatic N) is 1. The molecule has 19 heavy (non-hydrogen) atoms. The molecule has 0 unspecified atom stereocenters. The van der Waals surface area contributed by atoms with Crippen LogP contribution in [-0.4, -0.2) is 22.9 Å². The third-order valence-electron chi connectivity index (χ3n) is 2.90. The second-order valence-corrected chi connectivity index (χ2v) is 4.25. The number of aryl methyl sites for hydroxylation is 2. The smallest absolute Gasteiger partial charge is 0.342 e. The maximum absolute atomic E-state index is 11.9. The van der Waals surface area contributed by atoms with Crippen LogP contribution in [0.1, 0.15) is 21.6 Å². The second kappa shape index (κ2) is 5.63. The van der Waals surface area contributed by atoms with E-state index in [2.05, 4.69) is 9.72 Å². The average molecular weight is 257 g/mol. The van der Waals surface area contributed by atoms with Gasteiger partial charge in [0.15, 0.2) is 6.79 Å². The van der Waals surface area contributed by atoms with Gasteiger partial charge in [0.25, 0.3) is 0 Å². The van der Waals surface area contributed by atoms with Crippen LogP contribution in [0.5, 0.6) is 0 Å². The molecule has 1 aromatic heterocycles. The average Bonchev–Trinajstić information content (AvgIpc) is 2.39. The topological polar surface area (TPSA) is 59.4 Å². The number of carbonyl (C=O) groups is 1. The Bertz CT molecular complexity index is 591. The van der Waals surface area contributed by atoms with Crippen LogP contribution < -0.4 is 0 Å². The van der Waals surface area contributed by atoms with Gasteiger partial charge in [0.05, 0.1) is 11.3 Å². The number of esters is 1. The Balaban J connectivity index is 2.54. The molecule has 0 amide bonds. The summed E-state index contributed by atoms with van der Waals surface area (Å²) in [5, 5.41) is 8.72. The molecule has 0 spiro atoms. The highest BCUT2D eigenvalue weighted by Crippen LogP contribution is 2.26. The fourth-order valence-electron chi connectivity index (χ4n) is 1.93. The molecule has 0 radical (unpaired) electrons. The van der Waals surface area contributed by atoms with Crippen LogP contribution in [-0.2, 0) is 4.74 Å². The first-order chi connectivity index (χ1) is 9.13. The van der Waals surface area contributed by atoms with Gasteiger partial charge in [-0.2, -0.15) is 0 Å². The Hall–Kier alpha value is -2.20. The van der Waals surface area contributed by atoms with Crippen LogP contribution in [0.2, 0.25) is 0 Å². The molecule has 4 heteroatoms. The van der Waals surface area contributed by atoms with Crippen molar-refractivity contribution in [2.75, 3.05) is 6.79 Å². The number of hydrogen-bond acceptors (Lipinski definition) is 4. The van der Waals surface area contributed by atoms with Gasteiger partial charge in [-0.05, 0) is 31.0 Å². The normalized spacial score (nSPS) is 10.3. The van der Waals surface area contributed by atoms with Crippen molar-refractivity contribution in [1.82, 2.24) is 4.98 Å². The lowest BCUT2D eigenvalue weighted by molar-refractivity contribution is 0.00681. The Labute approximate surface area is 111 Å². The highest BCUT2D eigenvalue weighted by atomic mass is 16.6. The summed E-state index contributed by atoms with van der Waals surface area (Å²) < 4.78 is 4.67. The predicted molar refractivity (Wildman–Crippen MR) is 71.6 cm³/mol. The zero-order valence-electron chi connectivity index (χ0n) is 10.9. The molecule has 4 nitrogen and oxygen atoms in total. The van der Waals surface area contributed by atoms with Gasteiger partial charge in [-0.15, -0.1) is 0 Å². The van der Waals surface area contributed by atoms with Gasteiger partial charge in [-0.1, -0.05) is 29.8 Å². The van der Waals surface area contributed by atoms with Gasteiger partial charge in [-0.3, -0.25) is 4.98 Å². The van der Waals surface area contributed by atoms with Crippen molar-refractivity contribution in [2.45, 2.75) is 13.8 Å². The molecule has 1 aromatic carbocycles. The molecule has 0 bridgehead atoms. The van der Waals surface area contributed by atoms with Crippen LogP contribution in [0.4, 0.5) is 0 Å². The van der Waals surface area contributed by atoms with Gasteiger partial charge >= 0.3 is 5.97 Å². The van der Waals surface area contributed by atoms with Crippen LogP contribution in [0.25, 0.3) is 11.1 Å². The van der Waals surface area contributed by atoms with E-state index < -0.39 is 12.8 Å². The minimum Gasteiger partial charge on any atom is -0.435 e. The Morgan fingerprint density at radius 1 is 1.21 bits per heavy atom. The lowest BCUT2D eigenvalue weighted by Gasteiger charge is -2.11. The summed E-state index contributed by atoms with van der Waals surface area (Å²) in [5.41, 5.74) is 3.79. The van der Waals surface area contributed by atoms with E-state index in [0.717, 1.165) is 16.7 Å². The van der Waals surface area contributed by atoms with Crippen molar-refractivity contribution in [1.29, 1.82) is 0 Å². The summed E-state index contributed by atoms with van der Waals surface area (Å²) in [7, 11) is 0. The SMILES string of the molecule is Cc1ccc(-c2ccnc(C)c2C(=O)OCO)cc1. The second-order valence-electron chi connectivity index (χ2n) is 4.25. The summed E-state index contributed by atoms with van der Waals surface area (Å²) in [6, 6.07) is 9.61. The molecule has 0 aliphatic rings. The molecular weight excluding hydrogens is 242 g/mol. The summed E-state index contributed by atoms with van der Waals surface area (Å²) in [4.78, 5) is 16.0. The van der Waals surface area contributed by atoms with Crippen molar-refractivity contribution >= 4 is 5.97 Å². The lowest BCUT2D eigenvalue weighted by atomic mass is 9.98. The molecule has 0 aliphatic carbocycles. The molecule has 2 rings (SSSR count). The fraction of sp³-hybridized carbons (Fsp3) is 0.200. The molecule has 0 saturated carbocycles. The number of ether oxygens (including phenoxy) is 1. The first-order valence-electron chi connectivity index (χ1n) is 5.94. The zero-order valence-corrected chi connectivity index (χ0v) is 10.9. The fourth-order valence-corrected chi connectivity index (χ4v) is 1.93. The van der Waals surface area contributed by atoms with E-state index >= 15 is 0 Å². The molecule has 1 N–H and O–H groups in total. The van der Waals surface area contributed by atoms with E-state index in [1.54, 1.807) is 19.2 Å². The minimum atomic E-state index is -0.638. The van der Waals surface area contributed by atoms with E-state index in [1.165, 1.54) is 0 Å². The molecule has 98 valence electrons. The highest BCUT2D eigenvalue weighted by Gasteiger charge is 2.17. The number of aromatic nitrogens is 1. The van der Waals surface area contributed by atoms with E-state index in [1.807, 2.05) is 31.2 Å². The molecular formula is C15H15NO3. The van der Waals surface area contributed by atoms with E-state index in [0.29, 0.717) is 11.3 Å². The number of carbonyl (C=O) groups excluding carboxylic acids is 1. The number of benzene rings is 1. The summed E-state index contributed by atoms with van der Waals surface area (Å²) in [6.45, 7) is 3.11. The minimum absolute atomic E-state index is 0.389. The maximum atomic E-state index is 11.9. The molecule has 0 aliphatic heterocycles. The lowest BCUT2D eigenvalue weighted by Crippen LogP contribution is -2.10. The first-order valence-corrected chi connectivity index (χ1v) is 5.94. The van der Waals surface area contributed by atoms with Gasteiger partial charge in [-0.25, -0.2) is 4.79 Å². The van der Waals surface area contributed by atoms with Crippen LogP contribution in [0.3, 0.4) is 0 Å². The molecule has 2 aromatic rings. The van der Waals surface area contributed by atoms with Crippen molar-refractivity contribution in [2.24, 2.45) is 0 Å². The van der Waals surface area contributed by atoms with E-state index in [-0.39, 0.29) is 0 Å². The van der Waals surface area contributed by atoms with Crippen molar-refractivity contribution in [3.8, 4) is 11.1 Å². The monoisotopic (exact) mass is 257 g/mol. The summed E-state index contributed by atoms with van der Waals surface area (Å²) >= 11 is 0. The van der Waals surface area contributed by atoms with E-state index in [4.69, 9.17) is 5.11 Å². The Morgan fingerprint density at radius 2 is 1.89 bits per heavy atom. The van der Waals surface area contributed by atoms with Crippen molar-refractivity contribution in [3.05, 3.63) is 53.3 Å². The molecule has 1 heterocycles. The third kappa shape index (κ3) is 2.80. The molecule has 0 atom stereocenters. The van der Waals surface area contributed by atoms with Crippen LogP contribution in [0, 0.1) is 13.8 Å². The van der Waals surface area contributed by atoms with Gasteiger partial charge in [0, 0.05) is 6.20 Å². The number of pyridine rings is 1. The number of hydrogen-bond donors (Lipinski definition) is 1. The quantitative estimate of drug-likeness (QED) is 0.678. The van der Waals surface area contributed by atoms with Crippen LogP contribution in [0.15, 0.2) is 36.5 Å². The Kier molecular flexibility index (Phi) is 3.92. The standard InChI is InChI=1S/C15H15NO3/c1-10-3-5-12(6-4-10)13-7-8-16-11(2)14(13)15(18)19-9-17/h3-8,17H,9H2,1-2H3. The number of rotatable bonds is 3. The zero-order chi connectivity index (χ0) is 13.8. The summed E-state index contributed by atoms with van der Waals surface area (Å²) in [5.74, 6) is -0.566. The largest absolute Gasteiger partial charge is 0.435 e. The van der Waals surface area contributed by atoms with Gasteiger partial charge in [0.1, 0.15) is 0 Å². The maximum Gasteiger partial charge on any atom is 0.342 e. The predicted octanol–water partition coefficient (Wildman–Crippen LogP) is 2.47. The Morgan fingerprint density at radius 3 is 2.53 bits per heavy atom. The van der Waals surface area contributed by atoms with Gasteiger partial charge in [0.2, 0.25) is 0 Å². The third-order valence-corrected chi connectivity index (χ3v) is 2.90. The molecule has 0 fully saturated rings. The highest BCUT2D eigenvalue weighted by molar-refractivity contribution is 5.98. The summed E-state index contributed by atoms with van der Waals surface area (Å²) in [6.07, 6.45) is 1.65. The van der Waals surface area contributed by atoms with Crippen LogP contribution >= 0.6 is 0 Å². The van der Waals surface area contributed by atoms with E-state index in [9.17, 15) is 4.79 Å². The number of aliphatic hydroxyl groups is 1. The first kappa shape index (κ1) is 13.2.